The largest absolute Gasteiger partial charge is 0.480 e. The fourth-order valence-electron chi connectivity index (χ4n) is 2.56. The van der Waals surface area contributed by atoms with Crippen LogP contribution in [0.5, 0.6) is 5.88 Å². The number of aromatic nitrogens is 2. The van der Waals surface area contributed by atoms with E-state index >= 15 is 0 Å². The van der Waals surface area contributed by atoms with Crippen LogP contribution in [0, 0.1) is 0 Å². The molecule has 0 radical (unpaired) electrons. The zero-order valence-corrected chi connectivity index (χ0v) is 13.7. The lowest BCUT2D eigenvalue weighted by molar-refractivity contribution is 0.381. The molecule has 4 nitrogen and oxygen atoms in total. The van der Waals surface area contributed by atoms with Gasteiger partial charge in [-0.05, 0) is 6.42 Å². The molecule has 0 aromatic carbocycles. The van der Waals surface area contributed by atoms with Crippen LogP contribution < -0.4 is 10.5 Å². The molecule has 1 unspecified atom stereocenters. The smallest absolute Gasteiger partial charge is 0.236 e. The molecule has 2 N–H and O–H groups in total. The first-order chi connectivity index (χ1) is 10.3. The highest BCUT2D eigenvalue weighted by atomic mass is 16.5. The Kier molecular flexibility index (Phi) is 9.79. The minimum atomic E-state index is -0.0711. The number of hydrogen-bond donors (Lipinski definition) is 1. The Hall–Kier alpha value is -1.16. The lowest BCUT2D eigenvalue weighted by atomic mass is 10.0. The minimum absolute atomic E-state index is 0.0711. The zero-order chi connectivity index (χ0) is 15.3. The first-order valence-corrected chi connectivity index (χ1v) is 8.40. The summed E-state index contributed by atoms with van der Waals surface area (Å²) in [5.41, 5.74) is 6.96. The molecule has 0 bridgehead atoms. The highest BCUT2D eigenvalue weighted by Crippen LogP contribution is 2.22. The number of nitrogens with zero attached hydrogens (tertiary/aromatic N) is 2. The predicted molar refractivity (Wildman–Crippen MR) is 87.4 cm³/mol. The molecule has 0 aliphatic rings. The molecule has 0 saturated heterocycles. The summed E-state index contributed by atoms with van der Waals surface area (Å²) in [6.45, 7) is 2.26. The standard InChI is InChI=1S/C17H31N3O/c1-3-4-5-6-7-8-9-10-11-12-15(18)16-17(21-2)20-14-13-19-16/h13-15H,3-12,18H2,1-2H3. The van der Waals surface area contributed by atoms with Crippen LogP contribution in [-0.2, 0) is 0 Å². The van der Waals surface area contributed by atoms with E-state index in [1.165, 1.54) is 51.4 Å². The van der Waals surface area contributed by atoms with Gasteiger partial charge in [0.05, 0.1) is 13.2 Å². The van der Waals surface area contributed by atoms with Crippen LogP contribution >= 0.6 is 0 Å². The summed E-state index contributed by atoms with van der Waals surface area (Å²) < 4.78 is 5.20. The van der Waals surface area contributed by atoms with Gasteiger partial charge in [0, 0.05) is 12.4 Å². The average Bonchev–Trinajstić information content (AvgIpc) is 2.53. The normalized spacial score (nSPS) is 12.3. The Labute approximate surface area is 129 Å². The number of hydrogen-bond acceptors (Lipinski definition) is 4. The summed E-state index contributed by atoms with van der Waals surface area (Å²) in [6, 6.07) is -0.0711. The van der Waals surface area contributed by atoms with E-state index in [4.69, 9.17) is 10.5 Å². The van der Waals surface area contributed by atoms with Crippen molar-refractivity contribution in [2.24, 2.45) is 5.73 Å². The van der Waals surface area contributed by atoms with E-state index in [9.17, 15) is 0 Å². The van der Waals surface area contributed by atoms with Crippen LogP contribution in [0.2, 0.25) is 0 Å². The van der Waals surface area contributed by atoms with Gasteiger partial charge in [-0.1, -0.05) is 64.7 Å². The van der Waals surface area contributed by atoms with Crippen molar-refractivity contribution < 1.29 is 4.74 Å². The number of unbranched alkanes of at least 4 members (excludes halogenated alkanes) is 8. The first-order valence-electron chi connectivity index (χ1n) is 8.40. The van der Waals surface area contributed by atoms with Crippen LogP contribution in [0.1, 0.15) is 82.9 Å². The highest BCUT2D eigenvalue weighted by molar-refractivity contribution is 5.20. The van der Waals surface area contributed by atoms with E-state index in [0.29, 0.717) is 5.88 Å². The van der Waals surface area contributed by atoms with Crippen molar-refractivity contribution >= 4 is 0 Å². The summed E-state index contributed by atoms with van der Waals surface area (Å²) >= 11 is 0. The van der Waals surface area contributed by atoms with Gasteiger partial charge in [0.25, 0.3) is 0 Å². The molecular weight excluding hydrogens is 262 g/mol. The molecule has 1 atom stereocenters. The predicted octanol–water partition coefficient (Wildman–Crippen LogP) is 4.41. The molecule has 1 heterocycles. The van der Waals surface area contributed by atoms with Gasteiger partial charge in [-0.3, -0.25) is 4.98 Å². The van der Waals surface area contributed by atoms with Crippen molar-refractivity contribution in [3.8, 4) is 5.88 Å². The van der Waals surface area contributed by atoms with E-state index in [1.807, 2.05) is 0 Å². The topological polar surface area (TPSA) is 61.0 Å². The van der Waals surface area contributed by atoms with Crippen LogP contribution in [0.4, 0.5) is 0 Å². The van der Waals surface area contributed by atoms with E-state index in [1.54, 1.807) is 19.5 Å². The number of methoxy groups -OCH3 is 1. The molecule has 1 aromatic heterocycles. The van der Waals surface area contributed by atoms with Gasteiger partial charge in [0.2, 0.25) is 5.88 Å². The molecule has 120 valence electrons. The maximum Gasteiger partial charge on any atom is 0.236 e. The number of ether oxygens (including phenoxy) is 1. The molecule has 0 aliphatic carbocycles. The lowest BCUT2D eigenvalue weighted by Crippen LogP contribution is -2.14. The number of rotatable bonds is 12. The minimum Gasteiger partial charge on any atom is -0.480 e. The Morgan fingerprint density at radius 2 is 1.52 bits per heavy atom. The van der Waals surface area contributed by atoms with Gasteiger partial charge in [0.15, 0.2) is 0 Å². The average molecular weight is 293 g/mol. The number of nitrogens with two attached hydrogens (primary N) is 1. The van der Waals surface area contributed by atoms with E-state index < -0.39 is 0 Å². The molecule has 1 rings (SSSR count). The molecule has 0 spiro atoms. The van der Waals surface area contributed by atoms with Gasteiger partial charge >= 0.3 is 0 Å². The first kappa shape index (κ1) is 17.9. The van der Waals surface area contributed by atoms with Gasteiger partial charge in [-0.2, -0.15) is 0 Å². The van der Waals surface area contributed by atoms with Gasteiger partial charge in [0.1, 0.15) is 5.69 Å². The summed E-state index contributed by atoms with van der Waals surface area (Å²) in [7, 11) is 1.61. The second-order valence-electron chi connectivity index (χ2n) is 5.67. The molecule has 0 aliphatic heterocycles. The van der Waals surface area contributed by atoms with Crippen molar-refractivity contribution in [1.29, 1.82) is 0 Å². The van der Waals surface area contributed by atoms with Crippen molar-refractivity contribution in [2.45, 2.75) is 77.2 Å². The maximum atomic E-state index is 6.18. The fraction of sp³-hybridized carbons (Fsp3) is 0.765. The summed E-state index contributed by atoms with van der Waals surface area (Å²) in [5, 5.41) is 0. The summed E-state index contributed by atoms with van der Waals surface area (Å²) in [4.78, 5) is 8.44. The summed E-state index contributed by atoms with van der Waals surface area (Å²) in [6.07, 6.45) is 16.2. The van der Waals surface area contributed by atoms with Crippen LogP contribution in [-0.4, -0.2) is 17.1 Å². The quantitative estimate of drug-likeness (QED) is 0.580. The Morgan fingerprint density at radius 1 is 0.952 bits per heavy atom. The molecule has 0 amide bonds. The van der Waals surface area contributed by atoms with Crippen molar-refractivity contribution in [3.05, 3.63) is 18.1 Å². The van der Waals surface area contributed by atoms with Crippen LogP contribution in [0.15, 0.2) is 12.4 Å². The van der Waals surface area contributed by atoms with Crippen LogP contribution in [0.3, 0.4) is 0 Å². The Bertz CT molecular complexity index is 371. The van der Waals surface area contributed by atoms with Gasteiger partial charge in [-0.15, -0.1) is 0 Å². The van der Waals surface area contributed by atoms with Gasteiger partial charge in [-0.25, -0.2) is 4.98 Å². The van der Waals surface area contributed by atoms with E-state index in [-0.39, 0.29) is 6.04 Å². The highest BCUT2D eigenvalue weighted by Gasteiger charge is 2.13. The zero-order valence-electron chi connectivity index (χ0n) is 13.7. The SMILES string of the molecule is CCCCCCCCCCCC(N)c1nccnc1OC. The van der Waals surface area contributed by atoms with Gasteiger partial charge < -0.3 is 10.5 Å². The van der Waals surface area contributed by atoms with E-state index in [2.05, 4.69) is 16.9 Å². The van der Waals surface area contributed by atoms with Crippen molar-refractivity contribution in [3.63, 3.8) is 0 Å². The third-order valence-corrected chi connectivity index (χ3v) is 3.85. The molecule has 1 aromatic rings. The van der Waals surface area contributed by atoms with Crippen LogP contribution in [0.25, 0.3) is 0 Å². The third-order valence-electron chi connectivity index (χ3n) is 3.85. The van der Waals surface area contributed by atoms with Crippen molar-refractivity contribution in [1.82, 2.24) is 9.97 Å². The second-order valence-corrected chi connectivity index (χ2v) is 5.67. The third kappa shape index (κ3) is 7.42. The van der Waals surface area contributed by atoms with Crippen molar-refractivity contribution in [2.75, 3.05) is 7.11 Å². The molecule has 21 heavy (non-hydrogen) atoms. The molecular formula is C17H31N3O. The molecule has 0 fully saturated rings. The fourth-order valence-corrected chi connectivity index (χ4v) is 2.56. The lowest BCUT2D eigenvalue weighted by Gasteiger charge is -2.13. The molecule has 4 heteroatoms. The maximum absolute atomic E-state index is 6.18. The Morgan fingerprint density at radius 3 is 2.14 bits per heavy atom. The second kappa shape index (κ2) is 11.5. The Balaban J connectivity index is 2.09. The van der Waals surface area contributed by atoms with E-state index in [0.717, 1.165) is 18.5 Å². The summed E-state index contributed by atoms with van der Waals surface area (Å²) in [5.74, 6) is 0.556. The monoisotopic (exact) mass is 293 g/mol. The molecule has 0 saturated carbocycles.